The fourth-order valence-corrected chi connectivity index (χ4v) is 3.33. The topological polar surface area (TPSA) is 18.5 Å². The Labute approximate surface area is 134 Å². The van der Waals surface area contributed by atoms with Crippen molar-refractivity contribution < 1.29 is 9.47 Å². The van der Waals surface area contributed by atoms with Crippen LogP contribution < -0.4 is 0 Å². The minimum atomic E-state index is 0.555. The Balaban J connectivity index is 1.88. The Hall–Kier alpha value is -1.54. The maximum atomic E-state index is 5.97. The average Bonchev–Trinajstić information content (AvgIpc) is 2.53. The fraction of sp³-hybridized carbons (Fsp3) is 0.500. The molecule has 1 fully saturated rings. The van der Waals surface area contributed by atoms with E-state index in [1.807, 2.05) is 18.4 Å². The van der Waals surface area contributed by atoms with E-state index < -0.39 is 0 Å². The van der Waals surface area contributed by atoms with Crippen LogP contribution in [0, 0.1) is 17.8 Å². The minimum Gasteiger partial charge on any atom is -0.504 e. The lowest BCUT2D eigenvalue weighted by molar-refractivity contribution is 0.0510. The first-order valence-corrected chi connectivity index (χ1v) is 8.18. The third-order valence-electron chi connectivity index (χ3n) is 4.64. The van der Waals surface area contributed by atoms with Crippen molar-refractivity contribution in [3.63, 3.8) is 0 Å². The Morgan fingerprint density at radius 3 is 2.73 bits per heavy atom. The van der Waals surface area contributed by atoms with Crippen LogP contribution in [0.15, 0.2) is 54.8 Å². The molecule has 1 aromatic carbocycles. The van der Waals surface area contributed by atoms with Crippen molar-refractivity contribution in [1.82, 2.24) is 0 Å². The van der Waals surface area contributed by atoms with Gasteiger partial charge in [-0.15, -0.1) is 6.58 Å². The SMILES string of the molecule is C=CC[C@H]1C[C@H](COCc2ccccc2)[C@@H](C)C/C1=C\OC. The molecule has 2 nitrogen and oxygen atoms in total. The first kappa shape index (κ1) is 16.8. The predicted molar refractivity (Wildman–Crippen MR) is 91.4 cm³/mol. The summed E-state index contributed by atoms with van der Waals surface area (Å²) >= 11 is 0. The van der Waals surface area contributed by atoms with E-state index in [4.69, 9.17) is 9.47 Å². The monoisotopic (exact) mass is 300 g/mol. The van der Waals surface area contributed by atoms with Crippen LogP contribution in [0.2, 0.25) is 0 Å². The quantitative estimate of drug-likeness (QED) is 0.523. The summed E-state index contributed by atoms with van der Waals surface area (Å²) in [5.74, 6) is 1.81. The van der Waals surface area contributed by atoms with Gasteiger partial charge in [-0.2, -0.15) is 0 Å². The third kappa shape index (κ3) is 4.74. The lowest BCUT2D eigenvalue weighted by atomic mass is 9.71. The summed E-state index contributed by atoms with van der Waals surface area (Å²) < 4.78 is 11.2. The summed E-state index contributed by atoms with van der Waals surface area (Å²) in [5.41, 5.74) is 2.67. The summed E-state index contributed by atoms with van der Waals surface area (Å²) in [6.45, 7) is 7.76. The van der Waals surface area contributed by atoms with Crippen LogP contribution in [-0.2, 0) is 16.1 Å². The second kappa shape index (κ2) is 8.79. The second-order valence-electron chi connectivity index (χ2n) is 6.33. The van der Waals surface area contributed by atoms with Crippen molar-refractivity contribution >= 4 is 0 Å². The number of hydrogen-bond acceptors (Lipinski definition) is 2. The van der Waals surface area contributed by atoms with E-state index in [-0.39, 0.29) is 0 Å². The lowest BCUT2D eigenvalue weighted by Crippen LogP contribution is -2.28. The Kier molecular flexibility index (Phi) is 6.73. The largest absolute Gasteiger partial charge is 0.504 e. The second-order valence-corrected chi connectivity index (χ2v) is 6.33. The first-order chi connectivity index (χ1) is 10.7. The molecule has 0 spiro atoms. The van der Waals surface area contributed by atoms with Crippen molar-refractivity contribution in [3.05, 3.63) is 60.4 Å². The van der Waals surface area contributed by atoms with Gasteiger partial charge in [0.1, 0.15) is 0 Å². The van der Waals surface area contributed by atoms with Crippen molar-refractivity contribution in [3.8, 4) is 0 Å². The molecule has 0 aromatic heterocycles. The highest BCUT2D eigenvalue weighted by atomic mass is 16.5. The predicted octanol–water partition coefficient (Wildman–Crippen LogP) is 4.97. The number of ether oxygens (including phenoxy) is 2. The smallest absolute Gasteiger partial charge is 0.0819 e. The molecule has 1 aromatic rings. The van der Waals surface area contributed by atoms with Crippen LogP contribution in [0.5, 0.6) is 0 Å². The molecule has 0 unspecified atom stereocenters. The number of rotatable bonds is 7. The van der Waals surface area contributed by atoms with E-state index in [1.165, 1.54) is 11.1 Å². The van der Waals surface area contributed by atoms with E-state index in [0.717, 1.165) is 25.9 Å². The highest BCUT2D eigenvalue weighted by molar-refractivity contribution is 5.13. The summed E-state index contributed by atoms with van der Waals surface area (Å²) in [6, 6.07) is 10.4. The van der Waals surface area contributed by atoms with Crippen LogP contribution in [0.3, 0.4) is 0 Å². The standard InChI is InChI=1S/C20H28O2/c1-4-8-18-12-19(16(2)11-20(18)14-21-3)15-22-13-17-9-6-5-7-10-17/h4-7,9-10,14,16,18-19H,1,8,11-13,15H2,2-3H3/b20-14+/t16-,18-,19+/m0/s1. The molecule has 1 aliphatic rings. The summed E-state index contributed by atoms with van der Waals surface area (Å²) in [5, 5.41) is 0. The van der Waals surface area contributed by atoms with E-state index in [9.17, 15) is 0 Å². The van der Waals surface area contributed by atoms with Crippen molar-refractivity contribution in [2.75, 3.05) is 13.7 Å². The number of methoxy groups -OCH3 is 1. The molecule has 1 aliphatic carbocycles. The Morgan fingerprint density at radius 1 is 1.27 bits per heavy atom. The van der Waals surface area contributed by atoms with E-state index in [2.05, 4.69) is 37.8 Å². The fourth-order valence-electron chi connectivity index (χ4n) is 3.33. The molecule has 0 radical (unpaired) electrons. The lowest BCUT2D eigenvalue weighted by Gasteiger charge is -2.35. The van der Waals surface area contributed by atoms with Crippen molar-refractivity contribution in [1.29, 1.82) is 0 Å². The molecule has 2 heteroatoms. The molecule has 0 amide bonds. The first-order valence-electron chi connectivity index (χ1n) is 8.18. The molecule has 120 valence electrons. The normalized spacial score (nSPS) is 26.8. The van der Waals surface area contributed by atoms with Crippen molar-refractivity contribution in [2.24, 2.45) is 17.8 Å². The summed E-state index contributed by atoms with van der Waals surface area (Å²) in [6.07, 6.45) is 7.25. The van der Waals surface area contributed by atoms with Crippen LogP contribution in [-0.4, -0.2) is 13.7 Å². The molecule has 0 saturated heterocycles. The molecule has 2 rings (SSSR count). The molecule has 0 bridgehead atoms. The van der Waals surface area contributed by atoms with Gasteiger partial charge in [0.15, 0.2) is 0 Å². The summed E-state index contributed by atoms with van der Waals surface area (Å²) in [7, 11) is 1.73. The van der Waals surface area contributed by atoms with E-state index >= 15 is 0 Å². The minimum absolute atomic E-state index is 0.555. The van der Waals surface area contributed by atoms with Gasteiger partial charge in [-0.1, -0.05) is 43.3 Å². The maximum Gasteiger partial charge on any atom is 0.0819 e. The van der Waals surface area contributed by atoms with Crippen molar-refractivity contribution in [2.45, 2.75) is 32.8 Å². The third-order valence-corrected chi connectivity index (χ3v) is 4.64. The van der Waals surface area contributed by atoms with Crippen LogP contribution in [0.1, 0.15) is 31.7 Å². The number of hydrogen-bond donors (Lipinski definition) is 0. The maximum absolute atomic E-state index is 5.97. The summed E-state index contributed by atoms with van der Waals surface area (Å²) in [4.78, 5) is 0. The van der Waals surface area contributed by atoms with Gasteiger partial charge in [0.05, 0.1) is 26.6 Å². The number of allylic oxidation sites excluding steroid dienone is 2. The van der Waals surface area contributed by atoms with Gasteiger partial charge < -0.3 is 9.47 Å². The average molecular weight is 300 g/mol. The van der Waals surface area contributed by atoms with Gasteiger partial charge in [-0.3, -0.25) is 0 Å². The zero-order valence-corrected chi connectivity index (χ0v) is 13.8. The Bertz CT molecular complexity index is 478. The van der Waals surface area contributed by atoms with Gasteiger partial charge in [-0.05, 0) is 48.2 Å². The van der Waals surface area contributed by atoms with Gasteiger partial charge in [0, 0.05) is 0 Å². The van der Waals surface area contributed by atoms with E-state index in [0.29, 0.717) is 24.4 Å². The molecule has 3 atom stereocenters. The molecule has 1 saturated carbocycles. The Morgan fingerprint density at radius 2 is 2.05 bits per heavy atom. The molecule has 22 heavy (non-hydrogen) atoms. The molecule has 0 aliphatic heterocycles. The molecular formula is C20H28O2. The highest BCUT2D eigenvalue weighted by Gasteiger charge is 2.30. The van der Waals surface area contributed by atoms with Crippen LogP contribution >= 0.6 is 0 Å². The molecular weight excluding hydrogens is 272 g/mol. The number of benzene rings is 1. The van der Waals surface area contributed by atoms with Gasteiger partial charge in [-0.25, -0.2) is 0 Å². The van der Waals surface area contributed by atoms with Crippen LogP contribution in [0.4, 0.5) is 0 Å². The zero-order valence-electron chi connectivity index (χ0n) is 13.8. The highest BCUT2D eigenvalue weighted by Crippen LogP contribution is 2.39. The van der Waals surface area contributed by atoms with E-state index in [1.54, 1.807) is 7.11 Å². The van der Waals surface area contributed by atoms with Crippen LogP contribution in [0.25, 0.3) is 0 Å². The molecule has 0 N–H and O–H groups in total. The molecule has 0 heterocycles. The zero-order chi connectivity index (χ0) is 15.8. The van der Waals surface area contributed by atoms with Gasteiger partial charge >= 0.3 is 0 Å². The van der Waals surface area contributed by atoms with Gasteiger partial charge in [0.25, 0.3) is 0 Å². The van der Waals surface area contributed by atoms with Gasteiger partial charge in [0.2, 0.25) is 0 Å².